The zero-order valence-electron chi connectivity index (χ0n) is 8.76. The second-order valence-electron chi connectivity index (χ2n) is 4.44. The Bertz CT molecular complexity index is 392. The summed E-state index contributed by atoms with van der Waals surface area (Å²) in [5, 5.41) is 12.3. The van der Waals surface area contributed by atoms with Crippen molar-refractivity contribution in [2.45, 2.75) is 32.7 Å². The minimum Gasteiger partial charge on any atom is -0.388 e. The van der Waals surface area contributed by atoms with Gasteiger partial charge >= 0.3 is 0 Å². The van der Waals surface area contributed by atoms with Crippen molar-refractivity contribution >= 4 is 17.4 Å². The molecule has 0 aromatic carbocycles. The van der Waals surface area contributed by atoms with Crippen molar-refractivity contribution in [2.75, 3.05) is 0 Å². The lowest BCUT2D eigenvalue weighted by atomic mass is 10.0. The van der Waals surface area contributed by atoms with Crippen molar-refractivity contribution in [1.82, 2.24) is 9.78 Å². The minimum atomic E-state index is 0.173. The van der Waals surface area contributed by atoms with E-state index >= 15 is 0 Å². The van der Waals surface area contributed by atoms with E-state index in [9.17, 15) is 0 Å². The third-order valence-electron chi connectivity index (χ3n) is 3.05. The third-order valence-corrected chi connectivity index (χ3v) is 3.42. The van der Waals surface area contributed by atoms with Gasteiger partial charge in [0.2, 0.25) is 0 Å². The van der Waals surface area contributed by atoms with Gasteiger partial charge in [0.25, 0.3) is 0 Å². The summed E-state index contributed by atoms with van der Waals surface area (Å²) in [6, 6.07) is 0. The maximum absolute atomic E-state index is 7.34. The Hall–Kier alpha value is -1.03. The van der Waals surface area contributed by atoms with Gasteiger partial charge < -0.3 is 5.73 Å². The van der Waals surface area contributed by atoms with Crippen LogP contribution in [0.1, 0.15) is 25.0 Å². The first kappa shape index (κ1) is 10.5. The second-order valence-corrected chi connectivity index (χ2v) is 4.84. The normalized spacial score (nSPS) is 17.7. The molecule has 0 radical (unpaired) electrons. The molecule has 3 N–H and O–H groups in total. The van der Waals surface area contributed by atoms with Crippen LogP contribution in [0, 0.1) is 17.7 Å². The fourth-order valence-corrected chi connectivity index (χ4v) is 2.01. The number of rotatable bonds is 4. The van der Waals surface area contributed by atoms with E-state index in [0.29, 0.717) is 11.4 Å². The van der Waals surface area contributed by atoms with Crippen LogP contribution in [0.2, 0.25) is 5.02 Å². The lowest BCUT2D eigenvalue weighted by Gasteiger charge is -2.15. The molecule has 1 aliphatic carbocycles. The molecule has 5 heteroatoms. The lowest BCUT2D eigenvalue weighted by molar-refractivity contribution is 0.403. The van der Waals surface area contributed by atoms with Crippen molar-refractivity contribution in [3.05, 3.63) is 16.9 Å². The highest BCUT2D eigenvalue weighted by molar-refractivity contribution is 6.31. The van der Waals surface area contributed by atoms with Gasteiger partial charge in [-0.3, -0.25) is 10.1 Å². The molecule has 0 aliphatic heterocycles. The molecule has 0 atom stereocenters. The number of nitrogens with two attached hydrogens (primary N) is 1. The van der Waals surface area contributed by atoms with Crippen molar-refractivity contribution in [2.24, 2.45) is 11.1 Å². The van der Waals surface area contributed by atoms with E-state index in [-0.39, 0.29) is 11.3 Å². The van der Waals surface area contributed by atoms with Crippen LogP contribution in [0.5, 0.6) is 0 Å². The molecule has 0 saturated heterocycles. The SMILES string of the molecule is Cc1c(Cl)cnn1CC1(CC(=N)N)CC1. The monoisotopic (exact) mass is 226 g/mol. The summed E-state index contributed by atoms with van der Waals surface area (Å²) in [7, 11) is 0. The average molecular weight is 227 g/mol. The van der Waals surface area contributed by atoms with Crippen LogP contribution >= 0.6 is 11.6 Å². The molecule has 0 unspecified atom stereocenters. The van der Waals surface area contributed by atoms with Gasteiger partial charge in [-0.2, -0.15) is 5.10 Å². The topological polar surface area (TPSA) is 67.7 Å². The molecule has 82 valence electrons. The highest BCUT2D eigenvalue weighted by atomic mass is 35.5. The van der Waals surface area contributed by atoms with Crippen LogP contribution in [0.15, 0.2) is 6.20 Å². The summed E-state index contributed by atoms with van der Waals surface area (Å²) in [4.78, 5) is 0. The number of nitrogens with one attached hydrogen (secondary N) is 1. The molecule has 2 rings (SSSR count). The first-order chi connectivity index (χ1) is 7.02. The standard InChI is InChI=1S/C10H15ClN4/c1-7-8(11)5-14-15(7)6-10(2-3-10)4-9(12)13/h5H,2-4,6H2,1H3,(H3,12,13). The van der Waals surface area contributed by atoms with Gasteiger partial charge in [0, 0.05) is 13.0 Å². The molecule has 15 heavy (non-hydrogen) atoms. The molecular weight excluding hydrogens is 212 g/mol. The molecule has 0 bridgehead atoms. The smallest absolute Gasteiger partial charge is 0.0911 e. The molecular formula is C10H15ClN4. The molecule has 1 aromatic heterocycles. The molecule has 1 aromatic rings. The summed E-state index contributed by atoms with van der Waals surface area (Å²) < 4.78 is 1.91. The van der Waals surface area contributed by atoms with Crippen LogP contribution < -0.4 is 5.73 Å². The zero-order valence-corrected chi connectivity index (χ0v) is 9.51. The van der Waals surface area contributed by atoms with Crippen molar-refractivity contribution < 1.29 is 0 Å². The van der Waals surface area contributed by atoms with Crippen molar-refractivity contribution in [3.63, 3.8) is 0 Å². The number of hydrogen-bond acceptors (Lipinski definition) is 2. The third kappa shape index (κ3) is 2.15. The van der Waals surface area contributed by atoms with E-state index in [0.717, 1.165) is 25.1 Å². The first-order valence-electron chi connectivity index (χ1n) is 5.03. The van der Waals surface area contributed by atoms with Crippen LogP contribution in [-0.4, -0.2) is 15.6 Å². The van der Waals surface area contributed by atoms with Gasteiger partial charge in [-0.1, -0.05) is 11.6 Å². The average Bonchev–Trinajstić information content (AvgIpc) is 2.82. The Balaban J connectivity index is 2.09. The fraction of sp³-hybridized carbons (Fsp3) is 0.600. The Kier molecular flexibility index (Phi) is 2.46. The van der Waals surface area contributed by atoms with Gasteiger partial charge in [-0.25, -0.2) is 0 Å². The Morgan fingerprint density at radius 1 is 1.73 bits per heavy atom. The molecule has 4 nitrogen and oxygen atoms in total. The van der Waals surface area contributed by atoms with Gasteiger partial charge in [-0.15, -0.1) is 0 Å². The van der Waals surface area contributed by atoms with Crippen LogP contribution in [-0.2, 0) is 6.54 Å². The Morgan fingerprint density at radius 2 is 2.40 bits per heavy atom. The van der Waals surface area contributed by atoms with E-state index in [4.69, 9.17) is 22.7 Å². The van der Waals surface area contributed by atoms with Gasteiger partial charge in [0.1, 0.15) is 0 Å². The second kappa shape index (κ2) is 3.52. The predicted molar refractivity (Wildman–Crippen MR) is 60.2 cm³/mol. The summed E-state index contributed by atoms with van der Waals surface area (Å²) in [6.45, 7) is 2.78. The summed E-state index contributed by atoms with van der Waals surface area (Å²) >= 11 is 5.93. The maximum Gasteiger partial charge on any atom is 0.0911 e. The van der Waals surface area contributed by atoms with E-state index < -0.39 is 0 Å². The summed E-state index contributed by atoms with van der Waals surface area (Å²) in [6.07, 6.45) is 4.59. The summed E-state index contributed by atoms with van der Waals surface area (Å²) in [5.41, 5.74) is 6.61. The number of amidine groups is 1. The van der Waals surface area contributed by atoms with E-state index in [1.54, 1.807) is 6.20 Å². The van der Waals surface area contributed by atoms with Crippen LogP contribution in [0.4, 0.5) is 0 Å². The molecule has 1 saturated carbocycles. The number of halogens is 1. The molecule has 1 aliphatic rings. The number of aromatic nitrogens is 2. The van der Waals surface area contributed by atoms with Crippen molar-refractivity contribution in [3.8, 4) is 0 Å². The van der Waals surface area contributed by atoms with E-state index in [1.165, 1.54) is 0 Å². The molecule has 1 heterocycles. The molecule has 0 amide bonds. The highest BCUT2D eigenvalue weighted by Gasteiger charge is 2.43. The highest BCUT2D eigenvalue weighted by Crippen LogP contribution is 2.50. The fourth-order valence-electron chi connectivity index (χ4n) is 1.87. The van der Waals surface area contributed by atoms with Crippen LogP contribution in [0.25, 0.3) is 0 Å². The number of hydrogen-bond donors (Lipinski definition) is 2. The quantitative estimate of drug-likeness (QED) is 0.609. The zero-order chi connectivity index (χ0) is 11.1. The maximum atomic E-state index is 7.34. The van der Waals surface area contributed by atoms with Crippen molar-refractivity contribution in [1.29, 1.82) is 5.41 Å². The minimum absolute atomic E-state index is 0.173. The van der Waals surface area contributed by atoms with Crippen LogP contribution in [0.3, 0.4) is 0 Å². The van der Waals surface area contributed by atoms with E-state index in [2.05, 4.69) is 5.10 Å². The Labute approximate surface area is 93.9 Å². The first-order valence-corrected chi connectivity index (χ1v) is 5.41. The largest absolute Gasteiger partial charge is 0.388 e. The lowest BCUT2D eigenvalue weighted by Crippen LogP contribution is -2.21. The Morgan fingerprint density at radius 3 is 2.80 bits per heavy atom. The molecule has 1 fully saturated rings. The van der Waals surface area contributed by atoms with Gasteiger partial charge in [0.05, 0.1) is 22.7 Å². The van der Waals surface area contributed by atoms with Gasteiger partial charge in [0.15, 0.2) is 0 Å². The number of nitrogens with zero attached hydrogens (tertiary/aromatic N) is 2. The summed E-state index contributed by atoms with van der Waals surface area (Å²) in [5.74, 6) is 0.267. The molecule has 0 spiro atoms. The van der Waals surface area contributed by atoms with E-state index in [1.807, 2.05) is 11.6 Å². The predicted octanol–water partition coefficient (Wildman–Crippen LogP) is 1.95. The van der Waals surface area contributed by atoms with Gasteiger partial charge in [-0.05, 0) is 25.2 Å².